The third-order valence-electron chi connectivity index (χ3n) is 4.89. The fourth-order valence-electron chi connectivity index (χ4n) is 3.46. The zero-order valence-corrected chi connectivity index (χ0v) is 16.8. The average Bonchev–Trinajstić information content (AvgIpc) is 3.44. The molecule has 1 N–H and O–H groups in total. The van der Waals surface area contributed by atoms with Crippen LogP contribution < -0.4 is 10.1 Å². The highest BCUT2D eigenvalue weighted by molar-refractivity contribution is 7.13. The average molecular weight is 398 g/mol. The second kappa shape index (κ2) is 8.16. The lowest BCUT2D eigenvalue weighted by Crippen LogP contribution is -2.39. The van der Waals surface area contributed by atoms with Crippen LogP contribution >= 0.6 is 11.3 Å². The van der Waals surface area contributed by atoms with E-state index in [1.165, 1.54) is 0 Å². The molecule has 3 heterocycles. The number of ether oxygens (including phenoxy) is 1. The van der Waals surface area contributed by atoms with Crippen LogP contribution in [0.4, 0.5) is 5.69 Å². The summed E-state index contributed by atoms with van der Waals surface area (Å²) in [5.74, 6) is 2.47. The predicted molar refractivity (Wildman–Crippen MR) is 110 cm³/mol. The van der Waals surface area contributed by atoms with E-state index in [-0.39, 0.29) is 11.9 Å². The molecule has 28 heavy (non-hydrogen) atoms. The number of rotatable bonds is 6. The number of nitrogens with zero attached hydrogens (tertiary/aromatic N) is 2. The molecule has 4 rings (SSSR count). The number of methoxy groups -OCH3 is 1. The molecule has 2 aromatic heterocycles. The molecule has 0 spiro atoms. The van der Waals surface area contributed by atoms with Gasteiger partial charge in [0.15, 0.2) is 10.8 Å². The number of carbonyl (C=O) groups is 1. The van der Waals surface area contributed by atoms with E-state index >= 15 is 0 Å². The summed E-state index contributed by atoms with van der Waals surface area (Å²) in [7, 11) is 1.63. The van der Waals surface area contributed by atoms with Gasteiger partial charge in [0.1, 0.15) is 11.5 Å². The lowest BCUT2D eigenvalue weighted by atomic mass is 10.2. The van der Waals surface area contributed by atoms with Crippen LogP contribution in [0.5, 0.6) is 5.75 Å². The van der Waals surface area contributed by atoms with Gasteiger partial charge in [0, 0.05) is 17.6 Å². The molecule has 1 atom stereocenters. The van der Waals surface area contributed by atoms with Crippen molar-refractivity contribution in [2.45, 2.75) is 32.4 Å². The van der Waals surface area contributed by atoms with E-state index in [1.807, 2.05) is 48.7 Å². The van der Waals surface area contributed by atoms with Gasteiger partial charge < -0.3 is 14.5 Å². The van der Waals surface area contributed by atoms with Gasteiger partial charge in [0.25, 0.3) is 0 Å². The molecule has 6 nitrogen and oxygen atoms in total. The van der Waals surface area contributed by atoms with E-state index in [1.54, 1.807) is 18.4 Å². The lowest BCUT2D eigenvalue weighted by Gasteiger charge is -2.22. The van der Waals surface area contributed by atoms with Gasteiger partial charge in [-0.25, -0.2) is 4.98 Å². The van der Waals surface area contributed by atoms with Gasteiger partial charge in [-0.15, -0.1) is 11.3 Å². The molecule has 1 unspecified atom stereocenters. The number of anilines is 1. The SMILES string of the molecule is COc1ccc(NC(=O)C2CCCN2Cc2csc(-c3ccc(C)o3)n2)cc1. The minimum Gasteiger partial charge on any atom is -0.497 e. The van der Waals surface area contributed by atoms with E-state index in [9.17, 15) is 4.79 Å². The Balaban J connectivity index is 1.40. The Kier molecular flexibility index (Phi) is 5.45. The zero-order valence-electron chi connectivity index (χ0n) is 16.0. The molecule has 3 aromatic rings. The summed E-state index contributed by atoms with van der Waals surface area (Å²) in [5, 5.41) is 5.94. The molecular formula is C21H23N3O3S. The van der Waals surface area contributed by atoms with Crippen LogP contribution in [0.15, 0.2) is 46.2 Å². The van der Waals surface area contributed by atoms with Crippen molar-refractivity contribution < 1.29 is 13.9 Å². The molecule has 0 aliphatic carbocycles. The van der Waals surface area contributed by atoms with Crippen molar-refractivity contribution in [2.75, 3.05) is 19.0 Å². The van der Waals surface area contributed by atoms with Gasteiger partial charge in [-0.2, -0.15) is 0 Å². The van der Waals surface area contributed by atoms with Crippen LogP contribution in [-0.4, -0.2) is 35.5 Å². The van der Waals surface area contributed by atoms with Crippen LogP contribution in [0.1, 0.15) is 24.3 Å². The fourth-order valence-corrected chi connectivity index (χ4v) is 4.23. The molecule has 1 saturated heterocycles. The van der Waals surface area contributed by atoms with Crippen molar-refractivity contribution in [3.63, 3.8) is 0 Å². The number of aryl methyl sites for hydroxylation is 1. The summed E-state index contributed by atoms with van der Waals surface area (Å²) >= 11 is 1.57. The standard InChI is InChI=1S/C21H23N3O3S/c1-14-5-10-19(27-14)21-23-16(13-28-21)12-24-11-3-4-18(24)20(25)22-15-6-8-17(26-2)9-7-15/h5-10,13,18H,3-4,11-12H2,1-2H3,(H,22,25). The van der Waals surface area contributed by atoms with Crippen LogP contribution in [0.25, 0.3) is 10.8 Å². The zero-order chi connectivity index (χ0) is 19.5. The van der Waals surface area contributed by atoms with Crippen LogP contribution in [0.3, 0.4) is 0 Å². The summed E-state index contributed by atoms with van der Waals surface area (Å²) in [6.07, 6.45) is 1.87. The topological polar surface area (TPSA) is 67.6 Å². The highest BCUT2D eigenvalue weighted by atomic mass is 32.1. The molecule has 7 heteroatoms. The summed E-state index contributed by atoms with van der Waals surface area (Å²) in [6, 6.07) is 11.1. The number of carbonyl (C=O) groups excluding carboxylic acids is 1. The third-order valence-corrected chi connectivity index (χ3v) is 5.80. The van der Waals surface area contributed by atoms with Crippen molar-refractivity contribution in [1.82, 2.24) is 9.88 Å². The number of nitrogens with one attached hydrogen (secondary N) is 1. The summed E-state index contributed by atoms with van der Waals surface area (Å²) in [5.41, 5.74) is 1.75. The molecule has 0 radical (unpaired) electrons. The smallest absolute Gasteiger partial charge is 0.241 e. The molecule has 1 amide bonds. The van der Waals surface area contributed by atoms with Crippen LogP contribution in [0.2, 0.25) is 0 Å². The lowest BCUT2D eigenvalue weighted by molar-refractivity contribution is -0.120. The van der Waals surface area contributed by atoms with Gasteiger partial charge in [0.2, 0.25) is 5.91 Å². The maximum atomic E-state index is 12.8. The van der Waals surface area contributed by atoms with Gasteiger partial charge >= 0.3 is 0 Å². The van der Waals surface area contributed by atoms with Crippen molar-refractivity contribution >= 4 is 22.9 Å². The molecule has 146 valence electrons. The molecular weight excluding hydrogens is 374 g/mol. The number of likely N-dealkylation sites (tertiary alicyclic amines) is 1. The first-order valence-electron chi connectivity index (χ1n) is 9.32. The van der Waals surface area contributed by atoms with Crippen molar-refractivity contribution in [1.29, 1.82) is 0 Å². The third kappa shape index (κ3) is 4.10. The first-order chi connectivity index (χ1) is 13.6. The van der Waals surface area contributed by atoms with E-state index in [4.69, 9.17) is 14.1 Å². The van der Waals surface area contributed by atoms with Crippen molar-refractivity contribution in [3.05, 3.63) is 53.2 Å². The number of thiazole rings is 1. The Bertz CT molecular complexity index is 948. The predicted octanol–water partition coefficient (Wildman–Crippen LogP) is 4.32. The monoisotopic (exact) mass is 397 g/mol. The molecule has 1 aliphatic rings. The Morgan fingerprint density at radius 3 is 2.86 bits per heavy atom. The molecule has 1 aromatic carbocycles. The number of hydrogen-bond acceptors (Lipinski definition) is 6. The van der Waals surface area contributed by atoms with E-state index in [2.05, 4.69) is 10.2 Å². The summed E-state index contributed by atoms with van der Waals surface area (Å²) in [4.78, 5) is 19.7. The number of amides is 1. The second-order valence-electron chi connectivity index (χ2n) is 6.90. The van der Waals surface area contributed by atoms with Crippen molar-refractivity contribution in [2.24, 2.45) is 0 Å². The highest BCUT2D eigenvalue weighted by Crippen LogP contribution is 2.28. The van der Waals surface area contributed by atoms with Crippen LogP contribution in [-0.2, 0) is 11.3 Å². The van der Waals surface area contributed by atoms with Crippen LogP contribution in [0, 0.1) is 6.92 Å². The Hall–Kier alpha value is -2.64. The fraction of sp³-hybridized carbons (Fsp3) is 0.333. The molecule has 0 saturated carbocycles. The Morgan fingerprint density at radius 2 is 2.14 bits per heavy atom. The molecule has 1 aliphatic heterocycles. The van der Waals surface area contributed by atoms with E-state index in [0.29, 0.717) is 6.54 Å². The Labute approximate surface area is 168 Å². The number of hydrogen-bond donors (Lipinski definition) is 1. The number of furan rings is 1. The van der Waals surface area contributed by atoms with E-state index in [0.717, 1.165) is 53.0 Å². The minimum atomic E-state index is -0.141. The first-order valence-corrected chi connectivity index (χ1v) is 10.2. The molecule has 0 bridgehead atoms. The van der Waals surface area contributed by atoms with E-state index < -0.39 is 0 Å². The Morgan fingerprint density at radius 1 is 1.32 bits per heavy atom. The minimum absolute atomic E-state index is 0.0276. The maximum Gasteiger partial charge on any atom is 0.241 e. The number of benzene rings is 1. The van der Waals surface area contributed by atoms with Gasteiger partial charge in [-0.1, -0.05) is 0 Å². The highest BCUT2D eigenvalue weighted by Gasteiger charge is 2.31. The largest absolute Gasteiger partial charge is 0.497 e. The number of aromatic nitrogens is 1. The first kappa shape index (κ1) is 18.7. The normalized spacial score (nSPS) is 17.0. The quantitative estimate of drug-likeness (QED) is 0.671. The summed E-state index contributed by atoms with van der Waals surface area (Å²) in [6.45, 7) is 3.48. The van der Waals surface area contributed by atoms with Gasteiger partial charge in [0.05, 0.1) is 18.8 Å². The summed E-state index contributed by atoms with van der Waals surface area (Å²) < 4.78 is 10.8. The maximum absolute atomic E-state index is 12.8. The van der Waals surface area contributed by atoms with Crippen molar-refractivity contribution in [3.8, 4) is 16.5 Å². The van der Waals surface area contributed by atoms with Gasteiger partial charge in [-0.3, -0.25) is 9.69 Å². The molecule has 1 fully saturated rings. The van der Waals surface area contributed by atoms with Gasteiger partial charge in [-0.05, 0) is 62.7 Å². The second-order valence-corrected chi connectivity index (χ2v) is 7.76.